The van der Waals surface area contributed by atoms with Gasteiger partial charge in [-0.1, -0.05) is 59.1 Å². The molecule has 1 aromatic heterocycles. The first kappa shape index (κ1) is 22.1. The molecule has 1 atom stereocenters. The van der Waals surface area contributed by atoms with Gasteiger partial charge in [-0.05, 0) is 55.0 Å². The molecule has 0 radical (unpaired) electrons. The monoisotopic (exact) mass is 493 g/mol. The Kier molecular flexibility index (Phi) is 5.81. The van der Waals surface area contributed by atoms with Crippen LogP contribution in [-0.2, 0) is 0 Å². The average Bonchev–Trinajstić information content (AvgIpc) is 3.22. The van der Waals surface area contributed by atoms with Gasteiger partial charge < -0.3 is 5.32 Å². The SMILES string of the molecule is Cc1cccc(C(=O)Nc2nc3n(n2)C(c2c(F)cccc2Cl)C=C(c2ccc(Cl)cc2)N3)c1. The van der Waals surface area contributed by atoms with E-state index in [2.05, 4.69) is 20.7 Å². The van der Waals surface area contributed by atoms with Crippen LogP contribution in [0.15, 0.2) is 72.8 Å². The molecule has 1 aliphatic rings. The molecular formula is C25H18Cl2FN5O. The van der Waals surface area contributed by atoms with Crippen LogP contribution in [0.2, 0.25) is 10.0 Å². The van der Waals surface area contributed by atoms with Crippen molar-refractivity contribution >= 4 is 46.7 Å². The van der Waals surface area contributed by atoms with Crippen LogP contribution in [-0.4, -0.2) is 20.7 Å². The van der Waals surface area contributed by atoms with Gasteiger partial charge in [-0.25, -0.2) is 9.07 Å². The number of benzene rings is 3. The summed E-state index contributed by atoms with van der Waals surface area (Å²) in [6.07, 6.45) is 1.81. The van der Waals surface area contributed by atoms with E-state index in [9.17, 15) is 9.18 Å². The highest BCUT2D eigenvalue weighted by Crippen LogP contribution is 2.37. The molecule has 0 bridgehead atoms. The van der Waals surface area contributed by atoms with E-state index in [4.69, 9.17) is 23.2 Å². The molecule has 1 amide bonds. The number of amides is 1. The zero-order chi connectivity index (χ0) is 23.8. The topological polar surface area (TPSA) is 71.8 Å². The standard InChI is InChI=1S/C25H18Cl2FN5O/c1-14-4-2-5-16(12-14)23(34)30-24-31-25-29-20(15-8-10-17(26)11-9-15)13-21(33(25)32-24)22-18(27)6-3-7-19(22)28/h2-13,21H,1H3,(H2,29,30,31,32,34). The van der Waals surface area contributed by atoms with Gasteiger partial charge in [0.25, 0.3) is 11.9 Å². The van der Waals surface area contributed by atoms with E-state index in [-0.39, 0.29) is 22.4 Å². The van der Waals surface area contributed by atoms with Crippen molar-refractivity contribution in [3.05, 3.63) is 111 Å². The molecule has 1 unspecified atom stereocenters. The van der Waals surface area contributed by atoms with Gasteiger partial charge in [0.15, 0.2) is 0 Å². The molecule has 0 spiro atoms. The number of anilines is 2. The number of nitrogens with one attached hydrogen (secondary N) is 2. The first-order chi connectivity index (χ1) is 16.4. The van der Waals surface area contributed by atoms with E-state index in [1.54, 1.807) is 48.5 Å². The van der Waals surface area contributed by atoms with Gasteiger partial charge in [0.1, 0.15) is 11.9 Å². The maximum absolute atomic E-state index is 14.9. The Labute approximate surface area is 205 Å². The van der Waals surface area contributed by atoms with Crippen LogP contribution >= 0.6 is 23.2 Å². The Morgan fingerprint density at radius 2 is 1.85 bits per heavy atom. The van der Waals surface area contributed by atoms with Crippen LogP contribution in [0.5, 0.6) is 0 Å². The third-order valence-corrected chi connectivity index (χ3v) is 6.00. The molecule has 0 aliphatic carbocycles. The fourth-order valence-corrected chi connectivity index (χ4v) is 4.20. The molecule has 170 valence electrons. The molecule has 5 rings (SSSR count). The predicted molar refractivity (Wildman–Crippen MR) is 132 cm³/mol. The van der Waals surface area contributed by atoms with Crippen molar-refractivity contribution in [3.8, 4) is 0 Å². The maximum atomic E-state index is 14.9. The molecule has 2 heterocycles. The molecule has 0 saturated heterocycles. The van der Waals surface area contributed by atoms with Gasteiger partial charge in [0.05, 0.1) is 0 Å². The summed E-state index contributed by atoms with van der Waals surface area (Å²) in [6.45, 7) is 1.90. The van der Waals surface area contributed by atoms with Crippen molar-refractivity contribution in [3.63, 3.8) is 0 Å². The van der Waals surface area contributed by atoms with Crippen molar-refractivity contribution in [2.45, 2.75) is 13.0 Å². The molecule has 0 fully saturated rings. The predicted octanol–water partition coefficient (Wildman–Crippen LogP) is 6.34. The Bertz CT molecular complexity index is 1410. The third-order valence-electron chi connectivity index (χ3n) is 5.42. The molecule has 9 heteroatoms. The summed E-state index contributed by atoms with van der Waals surface area (Å²) in [5, 5.41) is 11.2. The minimum absolute atomic E-state index is 0.0808. The summed E-state index contributed by atoms with van der Waals surface area (Å²) in [6, 6.07) is 18.2. The van der Waals surface area contributed by atoms with Gasteiger partial charge in [-0.2, -0.15) is 4.98 Å². The Hall–Kier alpha value is -3.68. The van der Waals surface area contributed by atoms with E-state index < -0.39 is 11.9 Å². The average molecular weight is 494 g/mol. The Morgan fingerprint density at radius 1 is 1.09 bits per heavy atom. The van der Waals surface area contributed by atoms with Crippen molar-refractivity contribution in [2.24, 2.45) is 0 Å². The number of hydrogen-bond acceptors (Lipinski definition) is 4. The van der Waals surface area contributed by atoms with Crippen molar-refractivity contribution in [2.75, 3.05) is 10.6 Å². The summed E-state index contributed by atoms with van der Waals surface area (Å²) < 4.78 is 16.4. The molecule has 34 heavy (non-hydrogen) atoms. The minimum Gasteiger partial charge on any atom is -0.324 e. The number of carbonyl (C=O) groups excluding carboxylic acids is 1. The van der Waals surface area contributed by atoms with Crippen molar-refractivity contribution in [1.82, 2.24) is 14.8 Å². The number of hydrogen-bond donors (Lipinski definition) is 2. The summed E-state index contributed by atoms with van der Waals surface area (Å²) >= 11 is 12.4. The van der Waals surface area contributed by atoms with Crippen LogP contribution < -0.4 is 10.6 Å². The molecule has 0 saturated carbocycles. The summed E-state index contributed by atoms with van der Waals surface area (Å²) in [4.78, 5) is 17.2. The second-order valence-electron chi connectivity index (χ2n) is 7.82. The quantitative estimate of drug-likeness (QED) is 0.347. The van der Waals surface area contributed by atoms with Gasteiger partial charge in [0.2, 0.25) is 5.95 Å². The number of aryl methyl sites for hydroxylation is 1. The normalized spacial score (nSPS) is 14.7. The van der Waals surface area contributed by atoms with E-state index in [0.717, 1.165) is 11.1 Å². The fourth-order valence-electron chi connectivity index (χ4n) is 3.80. The first-order valence-corrected chi connectivity index (χ1v) is 11.2. The van der Waals surface area contributed by atoms with Crippen LogP contribution in [0.4, 0.5) is 16.3 Å². The molecule has 1 aliphatic heterocycles. The number of halogens is 3. The molecular weight excluding hydrogens is 476 g/mol. The largest absolute Gasteiger partial charge is 0.324 e. The van der Waals surface area contributed by atoms with Gasteiger partial charge in [-0.3, -0.25) is 10.1 Å². The lowest BCUT2D eigenvalue weighted by Gasteiger charge is -2.25. The number of allylic oxidation sites excluding steroid dienone is 1. The number of nitrogens with zero attached hydrogens (tertiary/aromatic N) is 3. The molecule has 4 aromatic rings. The van der Waals surface area contributed by atoms with Gasteiger partial charge in [-0.15, -0.1) is 5.10 Å². The Morgan fingerprint density at radius 3 is 2.59 bits per heavy atom. The van der Waals surface area contributed by atoms with Crippen molar-refractivity contribution < 1.29 is 9.18 Å². The second-order valence-corrected chi connectivity index (χ2v) is 8.66. The van der Waals surface area contributed by atoms with E-state index in [0.29, 0.717) is 22.2 Å². The summed E-state index contributed by atoms with van der Waals surface area (Å²) in [5.41, 5.74) is 3.19. The lowest BCUT2D eigenvalue weighted by Crippen LogP contribution is -2.21. The summed E-state index contributed by atoms with van der Waals surface area (Å²) in [5.74, 6) is -0.413. The minimum atomic E-state index is -0.701. The number of fused-ring (bicyclic) bond motifs is 1. The Balaban J connectivity index is 1.55. The van der Waals surface area contributed by atoms with E-state index >= 15 is 0 Å². The van der Waals surface area contributed by atoms with Crippen LogP contribution in [0.25, 0.3) is 5.70 Å². The third kappa shape index (κ3) is 4.27. The molecule has 2 N–H and O–H groups in total. The number of carbonyl (C=O) groups is 1. The highest BCUT2D eigenvalue weighted by atomic mass is 35.5. The maximum Gasteiger partial charge on any atom is 0.258 e. The second kappa shape index (κ2) is 8.93. The molecule has 6 nitrogen and oxygen atoms in total. The van der Waals surface area contributed by atoms with Crippen LogP contribution in [0.1, 0.15) is 33.1 Å². The van der Waals surface area contributed by atoms with Crippen molar-refractivity contribution in [1.29, 1.82) is 0 Å². The zero-order valence-corrected chi connectivity index (χ0v) is 19.4. The van der Waals surface area contributed by atoms with E-state index in [1.807, 2.05) is 25.1 Å². The van der Waals surface area contributed by atoms with Crippen LogP contribution in [0.3, 0.4) is 0 Å². The smallest absolute Gasteiger partial charge is 0.258 e. The summed E-state index contributed by atoms with van der Waals surface area (Å²) in [7, 11) is 0. The lowest BCUT2D eigenvalue weighted by molar-refractivity contribution is 0.102. The zero-order valence-electron chi connectivity index (χ0n) is 17.9. The lowest BCUT2D eigenvalue weighted by atomic mass is 10.0. The van der Waals surface area contributed by atoms with E-state index in [1.165, 1.54) is 10.7 Å². The van der Waals surface area contributed by atoms with Gasteiger partial charge >= 0.3 is 0 Å². The first-order valence-electron chi connectivity index (χ1n) is 10.4. The number of rotatable bonds is 4. The molecule has 3 aromatic carbocycles. The van der Waals surface area contributed by atoms with Gasteiger partial charge in [0, 0.05) is 26.9 Å². The van der Waals surface area contributed by atoms with Crippen LogP contribution in [0, 0.1) is 12.7 Å². The number of aromatic nitrogens is 3. The fraction of sp³-hybridized carbons (Fsp3) is 0.0800. The highest BCUT2D eigenvalue weighted by Gasteiger charge is 2.29. The highest BCUT2D eigenvalue weighted by molar-refractivity contribution is 6.31.